The fraction of sp³-hybridized carbons (Fsp3) is 0.467. The van der Waals surface area contributed by atoms with Gasteiger partial charge in [-0.2, -0.15) is 0 Å². The van der Waals surface area contributed by atoms with E-state index in [0.29, 0.717) is 42.4 Å². The summed E-state index contributed by atoms with van der Waals surface area (Å²) in [4.78, 5) is 16.9. The Balaban J connectivity index is 1.67. The maximum Gasteiger partial charge on any atom is 0.356 e. The third-order valence-corrected chi connectivity index (χ3v) is 3.43. The van der Waals surface area contributed by atoms with Crippen LogP contribution < -0.4 is 14.2 Å². The highest BCUT2D eigenvalue weighted by molar-refractivity contribution is 6.36. The zero-order chi connectivity index (χ0) is 15.5. The average Bonchev–Trinajstić information content (AvgIpc) is 3.15. The lowest BCUT2D eigenvalue weighted by molar-refractivity contribution is -0.135. The summed E-state index contributed by atoms with van der Waals surface area (Å²) >= 11 is 0. The van der Waals surface area contributed by atoms with Crippen LogP contribution in [-0.2, 0) is 20.8 Å². The van der Waals surface area contributed by atoms with Gasteiger partial charge in [0.2, 0.25) is 12.5 Å². The third-order valence-electron chi connectivity index (χ3n) is 3.43. The van der Waals surface area contributed by atoms with Gasteiger partial charge in [-0.05, 0) is 24.6 Å². The Morgan fingerprint density at radius 3 is 3.05 bits per heavy atom. The second-order valence-corrected chi connectivity index (χ2v) is 4.93. The number of ether oxygens (including phenoxy) is 4. The monoisotopic (exact) mass is 307 g/mol. The van der Waals surface area contributed by atoms with E-state index < -0.39 is 5.97 Å². The van der Waals surface area contributed by atoms with Gasteiger partial charge >= 0.3 is 5.97 Å². The normalized spacial score (nSPS) is 18.6. The summed E-state index contributed by atoms with van der Waals surface area (Å²) < 4.78 is 21.0. The summed E-state index contributed by atoms with van der Waals surface area (Å²) in [5.74, 6) is 1.46. The molecular formula is C15H17NO6. The van der Waals surface area contributed by atoms with Gasteiger partial charge in [-0.25, -0.2) is 4.79 Å². The molecular weight excluding hydrogens is 290 g/mol. The van der Waals surface area contributed by atoms with E-state index in [4.69, 9.17) is 23.8 Å². The number of oxime groups is 1. The first-order chi connectivity index (χ1) is 10.7. The van der Waals surface area contributed by atoms with Crippen LogP contribution in [0.2, 0.25) is 0 Å². The van der Waals surface area contributed by atoms with Crippen molar-refractivity contribution in [1.29, 1.82) is 0 Å². The maximum atomic E-state index is 11.6. The average molecular weight is 307 g/mol. The van der Waals surface area contributed by atoms with Crippen LogP contribution in [0.15, 0.2) is 17.3 Å². The first-order valence-electron chi connectivity index (χ1n) is 7.07. The van der Waals surface area contributed by atoms with E-state index in [1.807, 2.05) is 12.1 Å². The highest BCUT2D eigenvalue weighted by atomic mass is 16.7. The molecule has 2 heterocycles. The summed E-state index contributed by atoms with van der Waals surface area (Å²) in [6.45, 7) is 2.26. The summed E-state index contributed by atoms with van der Waals surface area (Å²) in [6, 6.07) is 3.76. The molecule has 0 bridgehead atoms. The molecule has 2 aliphatic rings. The molecule has 0 amide bonds. The van der Waals surface area contributed by atoms with Crippen molar-refractivity contribution in [3.63, 3.8) is 0 Å². The second-order valence-electron chi connectivity index (χ2n) is 4.93. The third kappa shape index (κ3) is 2.79. The molecule has 0 N–H and O–H groups in total. The van der Waals surface area contributed by atoms with Gasteiger partial charge < -0.3 is 23.8 Å². The van der Waals surface area contributed by atoms with Crippen molar-refractivity contribution in [2.45, 2.75) is 25.9 Å². The zero-order valence-electron chi connectivity index (χ0n) is 12.5. The lowest BCUT2D eigenvalue weighted by atomic mass is 10.0. The molecule has 3 rings (SSSR count). The molecule has 118 valence electrons. The van der Waals surface area contributed by atoms with Crippen molar-refractivity contribution in [1.82, 2.24) is 0 Å². The summed E-state index contributed by atoms with van der Waals surface area (Å²) in [5, 5.41) is 3.80. The first kappa shape index (κ1) is 14.5. The number of hydrogen-bond donors (Lipinski definition) is 0. The van der Waals surface area contributed by atoms with Crippen molar-refractivity contribution in [3.8, 4) is 17.2 Å². The number of fused-ring (bicyclic) bond motifs is 1. The van der Waals surface area contributed by atoms with Crippen LogP contribution in [0.5, 0.6) is 17.2 Å². The first-order valence-corrected chi connectivity index (χ1v) is 7.07. The molecule has 7 nitrogen and oxygen atoms in total. The van der Waals surface area contributed by atoms with Crippen LogP contribution in [0.25, 0.3) is 0 Å². The van der Waals surface area contributed by atoms with E-state index >= 15 is 0 Å². The van der Waals surface area contributed by atoms with E-state index in [2.05, 4.69) is 5.16 Å². The van der Waals surface area contributed by atoms with Crippen molar-refractivity contribution in [2.75, 3.05) is 20.5 Å². The molecule has 0 saturated heterocycles. The van der Waals surface area contributed by atoms with Gasteiger partial charge in [-0.15, -0.1) is 0 Å². The fourth-order valence-electron chi connectivity index (χ4n) is 2.44. The standard InChI is InChI=1S/C15H17NO6/c1-3-19-15(17)11-7-10(22-16-11)4-9-5-12(18-2)14-13(6-9)20-8-21-14/h5-6,10H,3-4,7-8H2,1-2H3/t10-/m1/s1. The number of carbonyl (C=O) groups is 1. The smallest absolute Gasteiger partial charge is 0.356 e. The molecule has 0 fully saturated rings. The van der Waals surface area contributed by atoms with Gasteiger partial charge in [0.25, 0.3) is 0 Å². The largest absolute Gasteiger partial charge is 0.493 e. The maximum absolute atomic E-state index is 11.6. The number of benzene rings is 1. The Morgan fingerprint density at radius 1 is 1.41 bits per heavy atom. The SMILES string of the molecule is CCOC(=O)C1=NO[C@H](Cc2cc(OC)c3c(c2)OCO3)C1. The van der Waals surface area contributed by atoms with Gasteiger partial charge in [0.1, 0.15) is 6.10 Å². The molecule has 0 aromatic heterocycles. The highest BCUT2D eigenvalue weighted by Crippen LogP contribution is 2.42. The van der Waals surface area contributed by atoms with Crippen LogP contribution in [0.4, 0.5) is 0 Å². The minimum atomic E-state index is -0.423. The van der Waals surface area contributed by atoms with Crippen molar-refractivity contribution >= 4 is 11.7 Å². The number of carbonyl (C=O) groups excluding carboxylic acids is 1. The van der Waals surface area contributed by atoms with Gasteiger partial charge in [-0.1, -0.05) is 5.16 Å². The van der Waals surface area contributed by atoms with Crippen LogP contribution in [-0.4, -0.2) is 38.3 Å². The van der Waals surface area contributed by atoms with Gasteiger partial charge in [0.05, 0.1) is 13.7 Å². The van der Waals surface area contributed by atoms with E-state index in [1.165, 1.54) is 0 Å². The van der Waals surface area contributed by atoms with E-state index in [1.54, 1.807) is 14.0 Å². The zero-order valence-corrected chi connectivity index (χ0v) is 12.5. The van der Waals surface area contributed by atoms with E-state index in [9.17, 15) is 4.79 Å². The Kier molecular flexibility index (Phi) is 4.04. The van der Waals surface area contributed by atoms with E-state index in [0.717, 1.165) is 5.56 Å². The molecule has 0 aliphatic carbocycles. The molecule has 1 aromatic carbocycles. The Morgan fingerprint density at radius 2 is 2.27 bits per heavy atom. The number of hydrogen-bond acceptors (Lipinski definition) is 7. The minimum absolute atomic E-state index is 0.186. The molecule has 0 radical (unpaired) electrons. The Hall–Kier alpha value is -2.44. The minimum Gasteiger partial charge on any atom is -0.493 e. The lowest BCUT2D eigenvalue weighted by Gasteiger charge is -2.11. The topological polar surface area (TPSA) is 75.6 Å². The van der Waals surface area contributed by atoms with Crippen molar-refractivity contribution in [3.05, 3.63) is 17.7 Å². The molecule has 0 saturated carbocycles. The second kappa shape index (κ2) is 6.13. The quantitative estimate of drug-likeness (QED) is 0.770. The predicted molar refractivity (Wildman–Crippen MR) is 76.4 cm³/mol. The predicted octanol–water partition coefficient (Wildman–Crippen LogP) is 1.67. The molecule has 22 heavy (non-hydrogen) atoms. The van der Waals surface area contributed by atoms with Crippen LogP contribution >= 0.6 is 0 Å². The van der Waals surface area contributed by atoms with Gasteiger partial charge in [-0.3, -0.25) is 0 Å². The number of nitrogens with zero attached hydrogens (tertiary/aromatic N) is 1. The van der Waals surface area contributed by atoms with Gasteiger partial charge in [0.15, 0.2) is 17.2 Å². The number of esters is 1. The molecule has 7 heteroatoms. The van der Waals surface area contributed by atoms with Crippen molar-refractivity contribution in [2.24, 2.45) is 5.16 Å². The molecule has 1 aromatic rings. The summed E-state index contributed by atoms with van der Waals surface area (Å²) in [5.41, 5.74) is 1.28. The summed E-state index contributed by atoms with van der Waals surface area (Å²) in [7, 11) is 1.58. The van der Waals surface area contributed by atoms with E-state index in [-0.39, 0.29) is 12.9 Å². The van der Waals surface area contributed by atoms with Crippen LogP contribution in [0, 0.1) is 0 Å². The molecule has 2 aliphatic heterocycles. The fourth-order valence-corrected chi connectivity index (χ4v) is 2.44. The number of methoxy groups -OCH3 is 1. The molecule has 0 spiro atoms. The van der Waals surface area contributed by atoms with Crippen LogP contribution in [0.1, 0.15) is 18.9 Å². The van der Waals surface area contributed by atoms with Crippen LogP contribution in [0.3, 0.4) is 0 Å². The lowest BCUT2D eigenvalue weighted by Crippen LogP contribution is -2.19. The number of rotatable bonds is 5. The van der Waals surface area contributed by atoms with Gasteiger partial charge in [0, 0.05) is 12.8 Å². The molecule has 1 atom stereocenters. The summed E-state index contributed by atoms with van der Waals surface area (Å²) in [6.07, 6.45) is 0.805. The molecule has 0 unspecified atom stereocenters. The van der Waals surface area contributed by atoms with Crippen molar-refractivity contribution < 1.29 is 28.6 Å². The highest BCUT2D eigenvalue weighted by Gasteiger charge is 2.28. The Labute approximate surface area is 127 Å². The Bertz CT molecular complexity index is 612.